The molecular formula is C49H79N3O16P2. The molecule has 0 aromatic carbocycles. The van der Waals surface area contributed by atoms with E-state index < -0.39 is 89.8 Å². The molecule has 0 amide bonds. The van der Waals surface area contributed by atoms with Crippen molar-refractivity contribution in [2.24, 2.45) is 5.92 Å². The van der Waals surface area contributed by atoms with Crippen LogP contribution in [-0.4, -0.2) is 96.9 Å². The maximum atomic E-state index is 12.8. The van der Waals surface area contributed by atoms with Crippen molar-refractivity contribution in [1.29, 1.82) is 0 Å². The first kappa shape index (κ1) is 62.3. The van der Waals surface area contributed by atoms with Crippen LogP contribution in [-0.2, 0) is 46.3 Å². The number of aliphatic hydroxyl groups is 3. The number of aromatic nitrogens is 2. The third-order valence-electron chi connectivity index (χ3n) is 10.9. The smallest absolute Gasteiger partial charge is 0.462 e. The van der Waals surface area contributed by atoms with Crippen LogP contribution in [0.5, 0.6) is 0 Å². The predicted octanol–water partition coefficient (Wildman–Crippen LogP) is 8.55. The van der Waals surface area contributed by atoms with Gasteiger partial charge in [-0.3, -0.25) is 23.2 Å². The summed E-state index contributed by atoms with van der Waals surface area (Å²) >= 11 is 0. The number of rotatable bonds is 38. The zero-order chi connectivity index (χ0) is 51.6. The fourth-order valence-corrected chi connectivity index (χ4v) is 8.86. The maximum Gasteiger partial charge on any atom is 0.481 e. The van der Waals surface area contributed by atoms with Crippen LogP contribution in [0.4, 0.5) is 5.82 Å². The molecule has 19 nitrogen and oxygen atoms in total. The second kappa shape index (κ2) is 36.1. The van der Waals surface area contributed by atoms with E-state index in [1.54, 1.807) is 24.3 Å². The number of carbonyl (C=O) groups excluding carboxylic acids is 2. The summed E-state index contributed by atoms with van der Waals surface area (Å²) in [5.74, 6) is -0.747. The molecule has 9 atom stereocenters. The minimum absolute atomic E-state index is 0.00964. The fraction of sp³-hybridized carbons (Fsp3) is 0.633. The summed E-state index contributed by atoms with van der Waals surface area (Å²) in [6, 6.07) is 1.24. The summed E-state index contributed by atoms with van der Waals surface area (Å²) < 4.78 is 56.5. The molecule has 1 fully saturated rings. The van der Waals surface area contributed by atoms with E-state index in [0.29, 0.717) is 12.8 Å². The van der Waals surface area contributed by atoms with Gasteiger partial charge in [-0.1, -0.05) is 151 Å². The first-order valence-corrected chi connectivity index (χ1v) is 27.4. The predicted molar refractivity (Wildman–Crippen MR) is 267 cm³/mol. The molecule has 4 unspecified atom stereocenters. The molecular weight excluding hydrogens is 948 g/mol. The molecule has 1 aromatic rings. The quantitative estimate of drug-likeness (QED) is 0.0119. The van der Waals surface area contributed by atoms with Crippen LogP contribution >= 0.6 is 15.6 Å². The summed E-state index contributed by atoms with van der Waals surface area (Å²) in [5, 5.41) is 31.1. The zero-order valence-corrected chi connectivity index (χ0v) is 42.9. The van der Waals surface area contributed by atoms with Gasteiger partial charge < -0.3 is 45.1 Å². The zero-order valence-electron chi connectivity index (χ0n) is 41.1. The number of allylic oxidation sites excluding steroid dienone is 10. The van der Waals surface area contributed by atoms with E-state index in [4.69, 9.17) is 29.0 Å². The van der Waals surface area contributed by atoms with Crippen molar-refractivity contribution >= 4 is 33.4 Å². The van der Waals surface area contributed by atoms with E-state index in [1.165, 1.54) is 31.7 Å². The molecule has 0 aliphatic carbocycles. The topological polar surface area (TPSA) is 286 Å². The molecule has 21 heteroatoms. The van der Waals surface area contributed by atoms with Gasteiger partial charge in [0.15, 0.2) is 12.3 Å². The normalized spacial score (nSPS) is 20.8. The summed E-state index contributed by atoms with van der Waals surface area (Å²) in [5.41, 5.74) is 4.57. The molecule has 0 spiro atoms. The van der Waals surface area contributed by atoms with Crippen molar-refractivity contribution in [2.75, 3.05) is 25.6 Å². The average Bonchev–Trinajstić information content (AvgIpc) is 3.59. The van der Waals surface area contributed by atoms with Gasteiger partial charge >= 0.3 is 33.3 Å². The van der Waals surface area contributed by atoms with Gasteiger partial charge in [-0.25, -0.2) is 13.9 Å². The molecule has 70 heavy (non-hydrogen) atoms. The number of hydrogen-bond acceptors (Lipinski definition) is 16. The molecule has 2 heterocycles. The molecule has 2 rings (SSSR count). The van der Waals surface area contributed by atoms with Gasteiger partial charge in [0.2, 0.25) is 0 Å². The number of carbonyl (C=O) groups is 2. The lowest BCUT2D eigenvalue weighted by Crippen LogP contribution is -2.36. The van der Waals surface area contributed by atoms with E-state index in [1.807, 2.05) is 12.2 Å². The van der Waals surface area contributed by atoms with Crippen LogP contribution in [0.2, 0.25) is 0 Å². The Labute approximate surface area is 413 Å². The Morgan fingerprint density at radius 2 is 1.44 bits per heavy atom. The Hall–Kier alpha value is -3.84. The van der Waals surface area contributed by atoms with Crippen molar-refractivity contribution in [1.82, 2.24) is 9.55 Å². The molecule has 0 radical (unpaired) electrons. The lowest BCUT2D eigenvalue weighted by molar-refractivity contribution is -0.161. The molecule has 1 aliphatic heterocycles. The number of phosphoric ester groups is 2. The van der Waals surface area contributed by atoms with Gasteiger partial charge in [0.25, 0.3) is 0 Å². The Kier molecular flexibility index (Phi) is 32.1. The summed E-state index contributed by atoms with van der Waals surface area (Å²) in [4.78, 5) is 61.8. The van der Waals surface area contributed by atoms with E-state index in [-0.39, 0.29) is 25.1 Å². The second-order valence-corrected chi connectivity index (χ2v) is 20.1. The Bertz CT molecular complexity index is 1990. The highest BCUT2D eigenvalue weighted by atomic mass is 31.3. The maximum absolute atomic E-state index is 12.8. The van der Waals surface area contributed by atoms with Crippen molar-refractivity contribution in [2.45, 2.75) is 173 Å². The lowest BCUT2D eigenvalue weighted by Gasteiger charge is -2.21. The van der Waals surface area contributed by atoms with Gasteiger partial charge in [-0.2, -0.15) is 9.29 Å². The molecule has 1 aromatic heterocycles. The molecule has 0 bridgehead atoms. The minimum atomic E-state index is -5.46. The highest BCUT2D eigenvalue weighted by molar-refractivity contribution is 7.61. The van der Waals surface area contributed by atoms with Crippen molar-refractivity contribution < 1.29 is 71.4 Å². The number of nitrogens with two attached hydrogens (primary N) is 1. The first-order valence-electron chi connectivity index (χ1n) is 24.5. The molecule has 0 saturated carbocycles. The van der Waals surface area contributed by atoms with Gasteiger partial charge in [0.1, 0.15) is 30.7 Å². The van der Waals surface area contributed by atoms with Crippen LogP contribution in [0.3, 0.4) is 0 Å². The van der Waals surface area contributed by atoms with Gasteiger partial charge in [0.05, 0.1) is 19.3 Å². The van der Waals surface area contributed by atoms with E-state index in [0.717, 1.165) is 74.5 Å². The van der Waals surface area contributed by atoms with Gasteiger partial charge in [0, 0.05) is 19.0 Å². The number of nitrogen functional groups attached to an aromatic ring is 1. The number of phosphoric acid groups is 2. The fourth-order valence-electron chi connectivity index (χ4n) is 6.75. The highest BCUT2D eigenvalue weighted by Gasteiger charge is 2.46. The third kappa shape index (κ3) is 28.9. The molecule has 1 saturated heterocycles. The van der Waals surface area contributed by atoms with Crippen LogP contribution in [0.1, 0.15) is 143 Å². The second-order valence-electron chi connectivity index (χ2n) is 17.0. The van der Waals surface area contributed by atoms with Crippen molar-refractivity contribution in [3.05, 3.63) is 95.7 Å². The SMILES string of the molecule is CC/C=C\C/C=C\C/C=C\C/C=C\C=C/C(O)C/C=C\CCC(=O)OC[C@H](COP(=O)(O)OP(=O)(O)OC[C@H]1O[C@@H](n2ccc(N)nc2=O)[C@H](O)[C@@H]1O)OC(=O)CCCCCCCCCCC(C)CC. The summed E-state index contributed by atoms with van der Waals surface area (Å²) in [6.45, 7) is 4.12. The number of ether oxygens (including phenoxy) is 3. The Morgan fingerprint density at radius 1 is 0.814 bits per heavy atom. The standard InChI is InChI=1S/C49H79N3O16P2/c1-4-6-7-8-9-10-11-12-13-14-18-21-25-30-40(53)31-26-23-28-32-44(54)63-36-41(66-45(55)33-27-22-19-16-15-17-20-24-29-39(3)5-2)37-64-69(59,60)68-70(61,62)65-38-42-46(56)47(57)48(67-42)52-35-34-43(50)51-49(52)58/h6-7,9-10,12-13,18,21,23,25-26,30,34-35,39-42,46-48,53,56-57H,4-5,8,11,14-17,19-20,22,24,27-29,31-33,36-38H2,1-3H3,(H,59,60)(H,61,62)(H2,50,51,58)/b7-6-,10-9-,13-12-,21-18-,26-23-,30-25-/t39?,40?,41-,42-,46-,47-,48-/m1/s1. The van der Waals surface area contributed by atoms with Crippen LogP contribution in [0.15, 0.2) is 90.0 Å². The number of unbranched alkanes of at least 4 members (excludes halogenated alkanes) is 7. The summed E-state index contributed by atoms with van der Waals surface area (Å²) in [6.07, 6.45) is 30.4. The highest BCUT2D eigenvalue weighted by Crippen LogP contribution is 2.60. The van der Waals surface area contributed by atoms with Gasteiger partial charge in [-0.05, 0) is 56.9 Å². The minimum Gasteiger partial charge on any atom is -0.462 e. The van der Waals surface area contributed by atoms with E-state index >= 15 is 0 Å². The van der Waals surface area contributed by atoms with Crippen LogP contribution in [0.25, 0.3) is 0 Å². The molecule has 396 valence electrons. The Morgan fingerprint density at radius 3 is 2.10 bits per heavy atom. The monoisotopic (exact) mass is 1030 g/mol. The number of aliphatic hydroxyl groups excluding tert-OH is 3. The number of hydrogen-bond donors (Lipinski definition) is 6. The van der Waals surface area contributed by atoms with Gasteiger partial charge in [-0.15, -0.1) is 0 Å². The summed E-state index contributed by atoms with van der Waals surface area (Å²) in [7, 11) is -10.9. The van der Waals surface area contributed by atoms with Crippen LogP contribution < -0.4 is 11.4 Å². The van der Waals surface area contributed by atoms with Crippen LogP contribution in [0, 0.1) is 5.92 Å². The van der Waals surface area contributed by atoms with E-state index in [2.05, 4.69) is 66.5 Å². The first-order chi connectivity index (χ1) is 33.5. The largest absolute Gasteiger partial charge is 0.481 e. The molecule has 7 N–H and O–H groups in total. The lowest BCUT2D eigenvalue weighted by atomic mass is 9.99. The van der Waals surface area contributed by atoms with E-state index in [9.17, 15) is 48.6 Å². The molecule has 1 aliphatic rings. The number of anilines is 1. The number of esters is 2. The average molecular weight is 1030 g/mol. The van der Waals surface area contributed by atoms with Crippen molar-refractivity contribution in [3.63, 3.8) is 0 Å². The van der Waals surface area contributed by atoms with Crippen molar-refractivity contribution in [3.8, 4) is 0 Å². The Balaban J connectivity index is 1.87. The number of nitrogens with zero attached hydrogens (tertiary/aromatic N) is 2. The third-order valence-corrected chi connectivity index (χ3v) is 13.5.